The summed E-state index contributed by atoms with van der Waals surface area (Å²) in [5.74, 6) is -0.405. The molecule has 1 aliphatic heterocycles. The second kappa shape index (κ2) is 9.13. The fourth-order valence-electron chi connectivity index (χ4n) is 3.49. The Kier molecular flexibility index (Phi) is 6.60. The van der Waals surface area contributed by atoms with Crippen LogP contribution in [-0.2, 0) is 6.54 Å². The molecular formula is C22H22ClF2N3. The third-order valence-electron chi connectivity index (χ3n) is 4.94. The van der Waals surface area contributed by atoms with Crippen molar-refractivity contribution in [1.29, 1.82) is 0 Å². The average Bonchev–Trinajstić information content (AvgIpc) is 2.70. The van der Waals surface area contributed by atoms with E-state index in [9.17, 15) is 8.78 Å². The minimum absolute atomic E-state index is 0. The summed E-state index contributed by atoms with van der Waals surface area (Å²) in [5.41, 5.74) is 3.74. The summed E-state index contributed by atoms with van der Waals surface area (Å²) in [6, 6.07) is 15.5. The van der Waals surface area contributed by atoms with Gasteiger partial charge in [0.25, 0.3) is 0 Å². The quantitative estimate of drug-likeness (QED) is 0.627. The third kappa shape index (κ3) is 4.66. The van der Waals surface area contributed by atoms with Gasteiger partial charge < -0.3 is 4.90 Å². The predicted octanol–water partition coefficient (Wildman–Crippen LogP) is 4.77. The van der Waals surface area contributed by atoms with Gasteiger partial charge in [0.05, 0.1) is 5.69 Å². The number of rotatable bonds is 4. The highest BCUT2D eigenvalue weighted by atomic mass is 35.5. The van der Waals surface area contributed by atoms with Gasteiger partial charge in [0, 0.05) is 50.7 Å². The van der Waals surface area contributed by atoms with Crippen molar-refractivity contribution in [3.63, 3.8) is 0 Å². The number of hydrogen-bond acceptors (Lipinski definition) is 3. The Hall–Kier alpha value is -2.50. The Morgan fingerprint density at radius 1 is 0.821 bits per heavy atom. The van der Waals surface area contributed by atoms with E-state index in [1.807, 2.05) is 18.3 Å². The van der Waals surface area contributed by atoms with Crippen LogP contribution in [-0.4, -0.2) is 36.1 Å². The van der Waals surface area contributed by atoms with E-state index < -0.39 is 0 Å². The molecule has 0 N–H and O–H groups in total. The molecule has 0 unspecified atom stereocenters. The number of piperazine rings is 1. The molecule has 1 aliphatic rings. The van der Waals surface area contributed by atoms with E-state index >= 15 is 0 Å². The van der Waals surface area contributed by atoms with E-state index in [1.165, 1.54) is 18.2 Å². The molecule has 1 fully saturated rings. The lowest BCUT2D eigenvalue weighted by Crippen LogP contribution is -2.46. The molecule has 6 heteroatoms. The molecule has 0 bridgehead atoms. The molecule has 0 atom stereocenters. The lowest BCUT2D eigenvalue weighted by molar-refractivity contribution is 0.249. The number of hydrogen-bond donors (Lipinski definition) is 0. The zero-order valence-corrected chi connectivity index (χ0v) is 16.2. The molecule has 0 amide bonds. The van der Waals surface area contributed by atoms with Crippen LogP contribution < -0.4 is 4.90 Å². The maximum absolute atomic E-state index is 14.0. The number of anilines is 1. The Bertz CT molecular complexity index is 910. The first-order valence-electron chi connectivity index (χ1n) is 9.11. The molecule has 0 radical (unpaired) electrons. The zero-order chi connectivity index (χ0) is 18.6. The fraction of sp³-hybridized carbons (Fsp3) is 0.227. The Morgan fingerprint density at radius 2 is 1.54 bits per heavy atom. The summed E-state index contributed by atoms with van der Waals surface area (Å²) in [7, 11) is 0. The van der Waals surface area contributed by atoms with Crippen molar-refractivity contribution in [2.75, 3.05) is 31.1 Å². The van der Waals surface area contributed by atoms with Crippen molar-refractivity contribution in [2.24, 2.45) is 0 Å². The van der Waals surface area contributed by atoms with Crippen molar-refractivity contribution < 1.29 is 8.78 Å². The van der Waals surface area contributed by atoms with Crippen LogP contribution in [0.25, 0.3) is 11.1 Å². The van der Waals surface area contributed by atoms with Gasteiger partial charge in [-0.05, 0) is 41.5 Å². The van der Waals surface area contributed by atoms with E-state index in [0.717, 1.165) is 49.4 Å². The van der Waals surface area contributed by atoms with Crippen LogP contribution in [0.1, 0.15) is 5.56 Å². The highest BCUT2D eigenvalue weighted by molar-refractivity contribution is 5.85. The Labute approximate surface area is 170 Å². The highest BCUT2D eigenvalue weighted by Gasteiger charge is 2.19. The maximum atomic E-state index is 14.0. The Balaban J connectivity index is 0.00000225. The smallest absolute Gasteiger partial charge is 0.146 e. The molecule has 3 aromatic rings. The van der Waals surface area contributed by atoms with E-state index in [1.54, 1.807) is 24.4 Å². The molecule has 1 aromatic heterocycles. The van der Waals surface area contributed by atoms with Gasteiger partial charge in [0.1, 0.15) is 11.6 Å². The van der Waals surface area contributed by atoms with E-state index in [2.05, 4.69) is 20.9 Å². The minimum atomic E-state index is -0.240. The zero-order valence-electron chi connectivity index (χ0n) is 15.4. The molecule has 2 heterocycles. The summed E-state index contributed by atoms with van der Waals surface area (Å²) in [6.07, 6.45) is 3.67. The van der Waals surface area contributed by atoms with E-state index in [4.69, 9.17) is 0 Å². The van der Waals surface area contributed by atoms with E-state index in [0.29, 0.717) is 5.69 Å². The van der Waals surface area contributed by atoms with Crippen molar-refractivity contribution in [1.82, 2.24) is 9.88 Å². The molecular weight excluding hydrogens is 380 g/mol. The number of aromatic nitrogens is 1. The van der Waals surface area contributed by atoms with Gasteiger partial charge in [0.15, 0.2) is 0 Å². The molecule has 2 aromatic carbocycles. The summed E-state index contributed by atoms with van der Waals surface area (Å²) < 4.78 is 27.1. The highest BCUT2D eigenvalue weighted by Crippen LogP contribution is 2.22. The topological polar surface area (TPSA) is 19.4 Å². The van der Waals surface area contributed by atoms with Crippen LogP contribution in [0, 0.1) is 11.6 Å². The molecule has 0 spiro atoms. The Morgan fingerprint density at radius 3 is 2.25 bits per heavy atom. The second-order valence-electron chi connectivity index (χ2n) is 6.80. The largest absolute Gasteiger partial charge is 0.367 e. The van der Waals surface area contributed by atoms with Crippen LogP contribution in [0.4, 0.5) is 14.5 Å². The molecule has 0 aliphatic carbocycles. The van der Waals surface area contributed by atoms with E-state index in [-0.39, 0.29) is 24.0 Å². The fourth-order valence-corrected chi connectivity index (χ4v) is 3.49. The lowest BCUT2D eigenvalue weighted by Gasteiger charge is -2.36. The van der Waals surface area contributed by atoms with Crippen LogP contribution in [0.3, 0.4) is 0 Å². The van der Waals surface area contributed by atoms with Crippen LogP contribution >= 0.6 is 12.4 Å². The molecule has 1 saturated heterocycles. The standard InChI is InChI=1S/C22H21F2N3.ClH/c23-20-7-5-18(6-8-20)19-13-17(14-25-15-19)16-26-9-11-27(12-10-26)22-4-2-1-3-21(22)24;/h1-8,13-15H,9-12,16H2;1H. The molecule has 0 saturated carbocycles. The van der Waals surface area contributed by atoms with Gasteiger partial charge in [-0.1, -0.05) is 24.3 Å². The summed E-state index contributed by atoms with van der Waals surface area (Å²) in [5, 5.41) is 0. The molecule has 4 rings (SSSR count). The van der Waals surface area contributed by atoms with Crippen LogP contribution in [0.2, 0.25) is 0 Å². The first-order valence-corrected chi connectivity index (χ1v) is 9.11. The normalized spacial score (nSPS) is 14.6. The van der Waals surface area contributed by atoms with Crippen LogP contribution in [0.15, 0.2) is 67.0 Å². The van der Waals surface area contributed by atoms with Crippen molar-refractivity contribution in [3.05, 3.63) is 84.2 Å². The monoisotopic (exact) mass is 401 g/mol. The lowest BCUT2D eigenvalue weighted by atomic mass is 10.1. The molecule has 3 nitrogen and oxygen atoms in total. The number of para-hydroxylation sites is 1. The predicted molar refractivity (Wildman–Crippen MR) is 111 cm³/mol. The maximum Gasteiger partial charge on any atom is 0.146 e. The van der Waals surface area contributed by atoms with Crippen molar-refractivity contribution in [3.8, 4) is 11.1 Å². The van der Waals surface area contributed by atoms with Crippen molar-refractivity contribution >= 4 is 18.1 Å². The van der Waals surface area contributed by atoms with Gasteiger partial charge in [-0.25, -0.2) is 8.78 Å². The van der Waals surface area contributed by atoms with Crippen molar-refractivity contribution in [2.45, 2.75) is 6.54 Å². The van der Waals surface area contributed by atoms with Crippen LogP contribution in [0.5, 0.6) is 0 Å². The number of pyridine rings is 1. The van der Waals surface area contributed by atoms with Gasteiger partial charge in [-0.2, -0.15) is 0 Å². The van der Waals surface area contributed by atoms with Gasteiger partial charge in [-0.3, -0.25) is 9.88 Å². The average molecular weight is 402 g/mol. The number of benzene rings is 2. The first-order chi connectivity index (χ1) is 13.2. The second-order valence-corrected chi connectivity index (χ2v) is 6.80. The third-order valence-corrected chi connectivity index (χ3v) is 4.94. The number of nitrogens with zero attached hydrogens (tertiary/aromatic N) is 3. The minimum Gasteiger partial charge on any atom is -0.367 e. The van der Waals surface area contributed by atoms with Gasteiger partial charge >= 0.3 is 0 Å². The SMILES string of the molecule is Cl.Fc1ccc(-c2cncc(CN3CCN(c4ccccc4F)CC3)c2)cc1. The number of halogens is 3. The summed E-state index contributed by atoms with van der Waals surface area (Å²) >= 11 is 0. The van der Waals surface area contributed by atoms with Gasteiger partial charge in [-0.15, -0.1) is 12.4 Å². The summed E-state index contributed by atoms with van der Waals surface area (Å²) in [6.45, 7) is 4.13. The molecule has 28 heavy (non-hydrogen) atoms. The first kappa shape index (κ1) is 20.2. The van der Waals surface area contributed by atoms with Gasteiger partial charge in [0.2, 0.25) is 0 Å². The molecule has 146 valence electrons. The summed E-state index contributed by atoms with van der Waals surface area (Å²) in [4.78, 5) is 8.79.